The van der Waals surface area contributed by atoms with Crippen LogP contribution >= 0.6 is 15.9 Å². The molecule has 2 aromatic carbocycles. The lowest BCUT2D eigenvalue weighted by Gasteiger charge is -2.08. The summed E-state index contributed by atoms with van der Waals surface area (Å²) in [7, 11) is 0. The lowest BCUT2D eigenvalue weighted by Crippen LogP contribution is -2.30. The van der Waals surface area contributed by atoms with Crippen LogP contribution in [0, 0.1) is 5.82 Å². The van der Waals surface area contributed by atoms with Crippen molar-refractivity contribution in [1.82, 2.24) is 5.32 Å². The Morgan fingerprint density at radius 3 is 2.55 bits per heavy atom. The lowest BCUT2D eigenvalue weighted by molar-refractivity contribution is -0.143. The fraction of sp³-hybridized carbons (Fsp3) is 0.125. The summed E-state index contributed by atoms with van der Waals surface area (Å²) in [4.78, 5) is 23.4. The predicted molar refractivity (Wildman–Crippen MR) is 82.7 cm³/mol. The molecule has 4 nitrogen and oxygen atoms in total. The fourth-order valence-electron chi connectivity index (χ4n) is 1.69. The molecule has 0 saturated carbocycles. The van der Waals surface area contributed by atoms with E-state index in [4.69, 9.17) is 4.74 Å². The summed E-state index contributed by atoms with van der Waals surface area (Å²) in [6.07, 6.45) is 0. The van der Waals surface area contributed by atoms with Crippen molar-refractivity contribution in [3.63, 3.8) is 0 Å². The summed E-state index contributed by atoms with van der Waals surface area (Å²) < 4.78 is 18.5. The van der Waals surface area contributed by atoms with Gasteiger partial charge in [0.15, 0.2) is 0 Å². The highest BCUT2D eigenvalue weighted by molar-refractivity contribution is 9.10. The molecule has 0 atom stereocenters. The van der Waals surface area contributed by atoms with Gasteiger partial charge in [-0.2, -0.15) is 0 Å². The van der Waals surface area contributed by atoms with E-state index in [1.807, 2.05) is 0 Å². The Morgan fingerprint density at radius 1 is 1.14 bits per heavy atom. The number of halogens is 2. The molecule has 0 aliphatic heterocycles. The van der Waals surface area contributed by atoms with Crippen LogP contribution in [0.2, 0.25) is 0 Å². The number of hydrogen-bond donors (Lipinski definition) is 1. The Labute approximate surface area is 135 Å². The molecular weight excluding hydrogens is 353 g/mol. The zero-order valence-corrected chi connectivity index (χ0v) is 13.1. The first-order valence-corrected chi connectivity index (χ1v) is 7.28. The van der Waals surface area contributed by atoms with Gasteiger partial charge in [0, 0.05) is 15.6 Å². The zero-order chi connectivity index (χ0) is 15.9. The van der Waals surface area contributed by atoms with Crippen LogP contribution in [0.15, 0.2) is 53.0 Å². The Balaban J connectivity index is 1.80. The van der Waals surface area contributed by atoms with Gasteiger partial charge >= 0.3 is 5.97 Å². The van der Waals surface area contributed by atoms with Crippen molar-refractivity contribution < 1.29 is 18.7 Å². The Kier molecular flexibility index (Phi) is 5.66. The molecule has 0 aliphatic carbocycles. The van der Waals surface area contributed by atoms with E-state index in [9.17, 15) is 14.0 Å². The summed E-state index contributed by atoms with van der Waals surface area (Å²) >= 11 is 3.19. The average Bonchev–Trinajstić information content (AvgIpc) is 2.52. The van der Waals surface area contributed by atoms with Crippen molar-refractivity contribution in [2.75, 3.05) is 6.54 Å². The van der Waals surface area contributed by atoms with Crippen LogP contribution in [0.5, 0.6) is 0 Å². The monoisotopic (exact) mass is 365 g/mol. The number of amides is 1. The van der Waals surface area contributed by atoms with Crippen LogP contribution in [0.25, 0.3) is 0 Å². The van der Waals surface area contributed by atoms with E-state index >= 15 is 0 Å². The van der Waals surface area contributed by atoms with Crippen LogP contribution < -0.4 is 5.32 Å². The second kappa shape index (κ2) is 7.70. The highest BCUT2D eigenvalue weighted by Crippen LogP contribution is 2.18. The van der Waals surface area contributed by atoms with Crippen LogP contribution in [0.3, 0.4) is 0 Å². The van der Waals surface area contributed by atoms with Gasteiger partial charge in [-0.15, -0.1) is 0 Å². The molecule has 0 spiro atoms. The number of rotatable bonds is 5. The van der Waals surface area contributed by atoms with Gasteiger partial charge in [0.1, 0.15) is 19.0 Å². The van der Waals surface area contributed by atoms with Crippen molar-refractivity contribution in [1.29, 1.82) is 0 Å². The summed E-state index contributed by atoms with van der Waals surface area (Å²) in [6.45, 7) is -0.229. The molecule has 0 unspecified atom stereocenters. The molecule has 0 bridgehead atoms. The minimum atomic E-state index is -0.569. The third kappa shape index (κ3) is 4.66. The van der Waals surface area contributed by atoms with E-state index in [2.05, 4.69) is 21.2 Å². The Hall–Kier alpha value is -2.21. The number of nitrogens with one attached hydrogen (secondary N) is 1. The van der Waals surface area contributed by atoms with Gasteiger partial charge in [-0.1, -0.05) is 40.2 Å². The molecule has 0 saturated heterocycles. The van der Waals surface area contributed by atoms with Gasteiger partial charge in [-0.05, 0) is 24.3 Å². The molecule has 6 heteroatoms. The quantitative estimate of drug-likeness (QED) is 0.828. The highest BCUT2D eigenvalue weighted by Gasteiger charge is 2.09. The first-order valence-electron chi connectivity index (χ1n) is 6.49. The van der Waals surface area contributed by atoms with Gasteiger partial charge in [-0.3, -0.25) is 9.59 Å². The molecule has 2 rings (SSSR count). The largest absolute Gasteiger partial charge is 0.459 e. The van der Waals surface area contributed by atoms with Gasteiger partial charge in [0.25, 0.3) is 5.91 Å². The van der Waals surface area contributed by atoms with Crippen LogP contribution in [-0.2, 0) is 16.1 Å². The van der Waals surface area contributed by atoms with Gasteiger partial charge in [0.2, 0.25) is 0 Å². The van der Waals surface area contributed by atoms with Gasteiger partial charge in [0.05, 0.1) is 0 Å². The zero-order valence-electron chi connectivity index (χ0n) is 11.5. The molecule has 0 aromatic heterocycles. The van der Waals surface area contributed by atoms with E-state index < -0.39 is 5.97 Å². The molecule has 0 heterocycles. The summed E-state index contributed by atoms with van der Waals surface area (Å²) in [5.74, 6) is -1.29. The standard InChI is InChI=1S/C16H13BrFNO3/c17-14-8-13(18)7-6-12(14)10-22-15(20)9-19-16(21)11-4-2-1-3-5-11/h1-8H,9-10H2,(H,19,21). The van der Waals surface area contributed by atoms with Crippen LogP contribution in [0.1, 0.15) is 15.9 Å². The fourth-order valence-corrected chi connectivity index (χ4v) is 2.16. The summed E-state index contributed by atoms with van der Waals surface area (Å²) in [5.41, 5.74) is 1.11. The normalized spacial score (nSPS) is 10.1. The maximum absolute atomic E-state index is 12.9. The van der Waals surface area contributed by atoms with Crippen LogP contribution in [0.4, 0.5) is 4.39 Å². The molecule has 0 aliphatic rings. The number of esters is 1. The number of benzene rings is 2. The van der Waals surface area contributed by atoms with Crippen molar-refractivity contribution in [2.45, 2.75) is 6.61 Å². The molecule has 2 aromatic rings. The second-order valence-electron chi connectivity index (χ2n) is 4.45. The van der Waals surface area contributed by atoms with E-state index in [0.717, 1.165) is 0 Å². The smallest absolute Gasteiger partial charge is 0.325 e. The summed E-state index contributed by atoms with van der Waals surface area (Å²) in [5, 5.41) is 2.47. The van der Waals surface area contributed by atoms with E-state index in [1.54, 1.807) is 30.3 Å². The maximum atomic E-state index is 12.9. The van der Waals surface area contributed by atoms with E-state index in [-0.39, 0.29) is 24.9 Å². The van der Waals surface area contributed by atoms with Gasteiger partial charge in [-0.25, -0.2) is 4.39 Å². The van der Waals surface area contributed by atoms with Crippen LogP contribution in [-0.4, -0.2) is 18.4 Å². The number of carbonyl (C=O) groups is 2. The molecule has 0 radical (unpaired) electrons. The topological polar surface area (TPSA) is 55.4 Å². The van der Waals surface area contributed by atoms with Crippen molar-refractivity contribution in [2.24, 2.45) is 0 Å². The predicted octanol–water partition coefficient (Wildman–Crippen LogP) is 3.06. The van der Waals surface area contributed by atoms with Crippen molar-refractivity contribution in [3.8, 4) is 0 Å². The molecular formula is C16H13BrFNO3. The number of ether oxygens (including phenoxy) is 1. The minimum absolute atomic E-state index is 0.000897. The first kappa shape index (κ1) is 16.2. The highest BCUT2D eigenvalue weighted by atomic mass is 79.9. The van der Waals surface area contributed by atoms with Gasteiger partial charge < -0.3 is 10.1 Å². The average molecular weight is 366 g/mol. The van der Waals surface area contributed by atoms with Crippen molar-refractivity contribution in [3.05, 3.63) is 69.9 Å². The summed E-state index contributed by atoms with van der Waals surface area (Å²) in [6, 6.07) is 12.7. The maximum Gasteiger partial charge on any atom is 0.325 e. The third-order valence-electron chi connectivity index (χ3n) is 2.83. The SMILES string of the molecule is O=C(CNC(=O)c1ccccc1)OCc1ccc(F)cc1Br. The number of hydrogen-bond acceptors (Lipinski definition) is 3. The third-order valence-corrected chi connectivity index (χ3v) is 3.57. The van der Waals surface area contributed by atoms with E-state index in [1.165, 1.54) is 18.2 Å². The van der Waals surface area contributed by atoms with Crippen molar-refractivity contribution >= 4 is 27.8 Å². The Bertz CT molecular complexity index is 676. The Morgan fingerprint density at radius 2 is 1.86 bits per heavy atom. The number of carbonyl (C=O) groups excluding carboxylic acids is 2. The first-order chi connectivity index (χ1) is 10.6. The molecule has 1 amide bonds. The molecule has 114 valence electrons. The molecule has 0 fully saturated rings. The minimum Gasteiger partial charge on any atom is -0.459 e. The molecule has 22 heavy (non-hydrogen) atoms. The van der Waals surface area contributed by atoms with E-state index in [0.29, 0.717) is 15.6 Å². The lowest BCUT2D eigenvalue weighted by atomic mass is 10.2. The molecule has 1 N–H and O–H groups in total. The second-order valence-corrected chi connectivity index (χ2v) is 5.30.